The number of carbonyl (C=O) groups excluding carboxylic acids is 3. The maximum absolute atomic E-state index is 14.3. The Balaban J connectivity index is 1.41. The average molecular weight is 531 g/mol. The molecule has 7 rings (SSSR count). The lowest BCUT2D eigenvalue weighted by Gasteiger charge is -2.37. The third-order valence-electron chi connectivity index (χ3n) is 8.37. The van der Waals surface area contributed by atoms with Gasteiger partial charge in [0.2, 0.25) is 11.8 Å². The average Bonchev–Trinajstić information content (AvgIpc) is 3.48. The second kappa shape index (κ2) is 9.09. The highest BCUT2D eigenvalue weighted by Crippen LogP contribution is 2.51. The van der Waals surface area contributed by atoms with Gasteiger partial charge in [-0.05, 0) is 29.0 Å². The van der Waals surface area contributed by atoms with Gasteiger partial charge in [-0.3, -0.25) is 14.4 Å². The third kappa shape index (κ3) is 3.33. The van der Waals surface area contributed by atoms with Gasteiger partial charge in [0.05, 0.1) is 37.8 Å². The van der Waals surface area contributed by atoms with Crippen molar-refractivity contribution in [1.29, 1.82) is 0 Å². The number of rotatable bonds is 5. The molecule has 3 aliphatic rings. The van der Waals surface area contributed by atoms with Crippen LogP contribution in [0.5, 0.6) is 11.5 Å². The number of Topliss-reactive ketones (excluding diaryl/α,β-unsaturated/α-hetero) is 1. The summed E-state index contributed by atoms with van der Waals surface area (Å²) in [7, 11) is 3.01. The van der Waals surface area contributed by atoms with Crippen molar-refractivity contribution in [2.75, 3.05) is 24.0 Å². The van der Waals surface area contributed by atoms with Crippen LogP contribution in [-0.2, 0) is 9.59 Å². The number of imide groups is 1. The van der Waals surface area contributed by atoms with E-state index in [9.17, 15) is 14.4 Å². The van der Waals surface area contributed by atoms with Gasteiger partial charge in [0.15, 0.2) is 5.78 Å². The first-order valence-corrected chi connectivity index (χ1v) is 13.2. The number of amides is 2. The molecule has 2 fully saturated rings. The van der Waals surface area contributed by atoms with Gasteiger partial charge in [-0.25, -0.2) is 4.90 Å². The second-order valence-electron chi connectivity index (χ2n) is 10.3. The first-order valence-electron chi connectivity index (χ1n) is 13.2. The minimum Gasteiger partial charge on any atom is -0.497 e. The molecule has 3 heterocycles. The van der Waals surface area contributed by atoms with Crippen molar-refractivity contribution in [2.45, 2.75) is 12.1 Å². The van der Waals surface area contributed by atoms with Gasteiger partial charge in [0, 0.05) is 22.9 Å². The van der Waals surface area contributed by atoms with E-state index in [4.69, 9.17) is 9.47 Å². The number of ketones is 1. The fraction of sp³-hybridized carbons (Fsp3) is 0.182. The zero-order chi connectivity index (χ0) is 27.5. The molecule has 0 radical (unpaired) electrons. The van der Waals surface area contributed by atoms with Crippen LogP contribution in [0, 0.1) is 11.8 Å². The Morgan fingerprint density at radius 3 is 2.30 bits per heavy atom. The monoisotopic (exact) mass is 530 g/mol. The molecular weight excluding hydrogens is 504 g/mol. The SMILES string of the molecule is COc1ccc(OC)c(N2C(=O)[C@@H]3[C@H](C2=O)[C@H]2C=Cc4c(ccc5ccccc45)N2[C@@H]3C(=O)c2ccccc2)c1. The van der Waals surface area contributed by atoms with Crippen molar-refractivity contribution < 1.29 is 23.9 Å². The van der Waals surface area contributed by atoms with Crippen LogP contribution in [0.3, 0.4) is 0 Å². The first-order chi connectivity index (χ1) is 19.5. The molecule has 0 aromatic heterocycles. The molecule has 198 valence electrons. The number of methoxy groups -OCH3 is 2. The van der Waals surface area contributed by atoms with Crippen molar-refractivity contribution in [3.05, 3.63) is 102 Å². The van der Waals surface area contributed by atoms with E-state index in [0.29, 0.717) is 22.7 Å². The predicted octanol–water partition coefficient (Wildman–Crippen LogP) is 5.13. The Labute approximate surface area is 231 Å². The molecular formula is C33H26N2O5. The maximum atomic E-state index is 14.3. The molecule has 7 heteroatoms. The largest absolute Gasteiger partial charge is 0.497 e. The summed E-state index contributed by atoms with van der Waals surface area (Å²) in [4.78, 5) is 45.9. The van der Waals surface area contributed by atoms with E-state index >= 15 is 0 Å². The Kier molecular flexibility index (Phi) is 5.49. The molecule has 3 aliphatic heterocycles. The van der Waals surface area contributed by atoms with Crippen LogP contribution in [0.15, 0.2) is 91.0 Å². The molecule has 0 saturated carbocycles. The van der Waals surface area contributed by atoms with Gasteiger partial charge >= 0.3 is 0 Å². The Morgan fingerprint density at radius 1 is 0.775 bits per heavy atom. The molecule has 0 spiro atoms. The van der Waals surface area contributed by atoms with E-state index in [1.165, 1.54) is 19.1 Å². The molecule has 2 amide bonds. The molecule has 0 N–H and O–H groups in total. The van der Waals surface area contributed by atoms with Crippen molar-refractivity contribution in [3.8, 4) is 11.5 Å². The van der Waals surface area contributed by atoms with Gasteiger partial charge in [0.1, 0.15) is 17.5 Å². The number of carbonyl (C=O) groups is 3. The smallest absolute Gasteiger partial charge is 0.240 e. The Morgan fingerprint density at radius 2 is 1.52 bits per heavy atom. The van der Waals surface area contributed by atoms with Gasteiger partial charge in [-0.15, -0.1) is 0 Å². The Hall–Kier alpha value is -4.91. The van der Waals surface area contributed by atoms with E-state index in [1.807, 2.05) is 65.6 Å². The molecule has 0 unspecified atom stereocenters. The predicted molar refractivity (Wildman–Crippen MR) is 153 cm³/mol. The topological polar surface area (TPSA) is 76.2 Å². The van der Waals surface area contributed by atoms with Crippen LogP contribution in [0.2, 0.25) is 0 Å². The zero-order valence-electron chi connectivity index (χ0n) is 22.0. The highest BCUT2D eigenvalue weighted by atomic mass is 16.5. The standard InChI is InChI=1S/C33H26N2O5/c1-39-21-13-17-27(40-2)26(18-21)35-32(37)28-25-16-14-23-22-11-7-6-8-19(22)12-15-24(23)34(25)30(29(28)33(35)38)31(36)20-9-4-3-5-10-20/h3-18,25,28-30H,1-2H3/t25-,28-,29-,30+/m1/s1. The van der Waals surface area contributed by atoms with Gasteiger partial charge in [0.25, 0.3) is 0 Å². The summed E-state index contributed by atoms with van der Waals surface area (Å²) >= 11 is 0. The van der Waals surface area contributed by atoms with E-state index in [-0.39, 0.29) is 11.7 Å². The lowest BCUT2D eigenvalue weighted by molar-refractivity contribution is -0.122. The van der Waals surface area contributed by atoms with E-state index in [2.05, 4.69) is 6.07 Å². The fourth-order valence-corrected chi connectivity index (χ4v) is 6.61. The lowest BCUT2D eigenvalue weighted by atomic mass is 9.86. The fourth-order valence-electron chi connectivity index (χ4n) is 6.61. The lowest BCUT2D eigenvalue weighted by Crippen LogP contribution is -2.48. The van der Waals surface area contributed by atoms with Crippen molar-refractivity contribution in [1.82, 2.24) is 0 Å². The van der Waals surface area contributed by atoms with E-state index < -0.39 is 29.8 Å². The Bertz CT molecular complexity index is 1730. The molecule has 4 aromatic carbocycles. The van der Waals surface area contributed by atoms with Gasteiger partial charge in [-0.1, -0.05) is 72.8 Å². The number of benzene rings is 4. The second-order valence-corrected chi connectivity index (χ2v) is 10.3. The van der Waals surface area contributed by atoms with Crippen LogP contribution in [0.25, 0.3) is 16.8 Å². The number of hydrogen-bond donors (Lipinski definition) is 0. The molecule has 7 nitrogen and oxygen atoms in total. The summed E-state index contributed by atoms with van der Waals surface area (Å²) in [6.45, 7) is 0. The van der Waals surface area contributed by atoms with Gasteiger partial charge < -0.3 is 14.4 Å². The third-order valence-corrected chi connectivity index (χ3v) is 8.37. The maximum Gasteiger partial charge on any atom is 0.240 e. The summed E-state index contributed by atoms with van der Waals surface area (Å²) in [5.74, 6) is -1.70. The molecule has 2 saturated heterocycles. The number of hydrogen-bond acceptors (Lipinski definition) is 6. The first kappa shape index (κ1) is 24.2. The molecule has 0 bridgehead atoms. The number of anilines is 2. The highest BCUT2D eigenvalue weighted by molar-refractivity contribution is 6.26. The van der Waals surface area contributed by atoms with Gasteiger partial charge in [-0.2, -0.15) is 0 Å². The number of nitrogens with zero attached hydrogens (tertiary/aromatic N) is 2. The normalized spacial score (nSPS) is 22.8. The summed E-state index contributed by atoms with van der Waals surface area (Å²) < 4.78 is 10.9. The summed E-state index contributed by atoms with van der Waals surface area (Å²) in [5, 5.41) is 2.14. The minimum atomic E-state index is -0.872. The molecule has 40 heavy (non-hydrogen) atoms. The van der Waals surface area contributed by atoms with Crippen LogP contribution in [0.4, 0.5) is 11.4 Å². The highest BCUT2D eigenvalue weighted by Gasteiger charge is 2.64. The van der Waals surface area contributed by atoms with E-state index in [1.54, 1.807) is 30.3 Å². The number of fused-ring (bicyclic) bond motifs is 7. The summed E-state index contributed by atoms with van der Waals surface area (Å²) in [5.41, 5.74) is 2.64. The van der Waals surface area contributed by atoms with Crippen LogP contribution >= 0.6 is 0 Å². The van der Waals surface area contributed by atoms with Crippen LogP contribution in [-0.4, -0.2) is 43.9 Å². The van der Waals surface area contributed by atoms with Crippen LogP contribution < -0.4 is 19.3 Å². The van der Waals surface area contributed by atoms with Crippen LogP contribution in [0.1, 0.15) is 15.9 Å². The molecule has 0 aliphatic carbocycles. The van der Waals surface area contributed by atoms with Crippen molar-refractivity contribution in [2.24, 2.45) is 11.8 Å². The minimum absolute atomic E-state index is 0.187. The van der Waals surface area contributed by atoms with Crippen molar-refractivity contribution >= 4 is 45.8 Å². The molecule has 4 aromatic rings. The summed E-state index contributed by atoms with van der Waals surface area (Å²) in [6, 6.07) is 24.8. The van der Waals surface area contributed by atoms with E-state index in [0.717, 1.165) is 22.0 Å². The quantitative estimate of drug-likeness (QED) is 0.263. The van der Waals surface area contributed by atoms with Crippen molar-refractivity contribution in [3.63, 3.8) is 0 Å². The summed E-state index contributed by atoms with van der Waals surface area (Å²) in [6.07, 6.45) is 4.00. The number of ether oxygens (including phenoxy) is 2. The molecule has 4 atom stereocenters. The zero-order valence-corrected chi connectivity index (χ0v) is 22.0.